The molecule has 0 saturated heterocycles. The second kappa shape index (κ2) is 5.39. The first-order valence-electron chi connectivity index (χ1n) is 5.27. The normalized spacial score (nSPS) is 10.4. The van der Waals surface area contributed by atoms with E-state index in [1.54, 1.807) is 12.1 Å². The van der Waals surface area contributed by atoms with Crippen LogP contribution in [0.15, 0.2) is 29.1 Å². The van der Waals surface area contributed by atoms with Crippen molar-refractivity contribution in [2.75, 3.05) is 9.74 Å². The van der Waals surface area contributed by atoms with E-state index in [1.165, 1.54) is 6.07 Å². The summed E-state index contributed by atoms with van der Waals surface area (Å²) in [5, 5.41) is 12.1. The summed E-state index contributed by atoms with van der Waals surface area (Å²) < 4.78 is 0.299. The van der Waals surface area contributed by atoms with Gasteiger partial charge in [0.15, 0.2) is 0 Å². The third kappa shape index (κ3) is 2.92. The van der Waals surface area contributed by atoms with Gasteiger partial charge in [-0.05, 0) is 18.2 Å². The molecule has 98 valence electrons. The topological polar surface area (TPSA) is 99.3 Å². The number of H-pyrrole nitrogens is 1. The number of nitrogens with one attached hydrogen (secondary N) is 2. The maximum atomic E-state index is 11.3. The summed E-state index contributed by atoms with van der Waals surface area (Å²) in [7, 11) is 0. The number of hydrogen-bond donors (Lipinski definition) is 3. The number of alkyl halides is 1. The molecule has 0 radical (unpaired) electrons. The number of carbonyl (C=O) groups is 2. The molecule has 1 aromatic heterocycles. The Hall–Kier alpha value is -1.90. The maximum absolute atomic E-state index is 11.3. The molecular formula is C12H9IN2O4. The van der Waals surface area contributed by atoms with Crippen LogP contribution in [0.25, 0.3) is 10.9 Å². The number of hydrogen-bond acceptors (Lipinski definition) is 3. The molecule has 0 aliphatic carbocycles. The number of aromatic amines is 1. The minimum atomic E-state index is -1.19. The third-order valence-corrected chi connectivity index (χ3v) is 3.17. The highest BCUT2D eigenvalue weighted by Gasteiger charge is 2.11. The van der Waals surface area contributed by atoms with Gasteiger partial charge in [0, 0.05) is 22.7 Å². The predicted molar refractivity (Wildman–Crippen MR) is 79.0 cm³/mol. The van der Waals surface area contributed by atoms with Crippen LogP contribution in [0, 0.1) is 0 Å². The Morgan fingerprint density at radius 1 is 1.32 bits per heavy atom. The fourth-order valence-electron chi connectivity index (χ4n) is 1.70. The van der Waals surface area contributed by atoms with E-state index in [-0.39, 0.29) is 11.5 Å². The first kappa shape index (κ1) is 13.5. The average molecular weight is 372 g/mol. The number of benzene rings is 1. The van der Waals surface area contributed by atoms with Crippen molar-refractivity contribution in [3.63, 3.8) is 0 Å². The average Bonchev–Trinajstić information content (AvgIpc) is 2.37. The van der Waals surface area contributed by atoms with Crippen molar-refractivity contribution in [1.29, 1.82) is 0 Å². The fraction of sp³-hybridized carbons (Fsp3) is 0.0833. The molecule has 6 nitrogen and oxygen atoms in total. The van der Waals surface area contributed by atoms with Crippen molar-refractivity contribution in [1.82, 2.24) is 4.98 Å². The highest BCUT2D eigenvalue weighted by molar-refractivity contribution is 14.1. The standard InChI is InChI=1S/C12H9IN2O4/c13-5-11(17)14-6-1-2-9-7(3-6)8(12(18)19)4-10(16)15-9/h1-4H,5H2,(H,14,17)(H,15,16)(H,18,19). The van der Waals surface area contributed by atoms with Crippen molar-refractivity contribution in [2.45, 2.75) is 0 Å². The number of fused-ring (bicyclic) bond motifs is 1. The molecule has 1 amide bonds. The third-order valence-electron chi connectivity index (χ3n) is 2.48. The van der Waals surface area contributed by atoms with Crippen molar-refractivity contribution in [3.05, 3.63) is 40.2 Å². The Morgan fingerprint density at radius 3 is 2.68 bits per heavy atom. The van der Waals surface area contributed by atoms with Gasteiger partial charge in [0.25, 0.3) is 0 Å². The zero-order chi connectivity index (χ0) is 14.0. The van der Waals surface area contributed by atoms with Crippen LogP contribution in [0.1, 0.15) is 10.4 Å². The predicted octanol–water partition coefficient (Wildman–Crippen LogP) is 1.60. The molecule has 2 aromatic rings. The number of pyridine rings is 1. The second-order valence-corrected chi connectivity index (χ2v) is 4.56. The Kier molecular flexibility index (Phi) is 3.84. The zero-order valence-corrected chi connectivity index (χ0v) is 11.7. The Balaban J connectivity index is 2.60. The number of halogens is 1. The molecule has 0 atom stereocenters. The summed E-state index contributed by atoms with van der Waals surface area (Å²) in [5.41, 5.74) is 0.333. The lowest BCUT2D eigenvalue weighted by atomic mass is 10.1. The molecule has 3 N–H and O–H groups in total. The van der Waals surface area contributed by atoms with Crippen molar-refractivity contribution >= 4 is 51.1 Å². The smallest absolute Gasteiger partial charge is 0.336 e. The van der Waals surface area contributed by atoms with Gasteiger partial charge >= 0.3 is 5.97 Å². The molecule has 7 heteroatoms. The van der Waals surface area contributed by atoms with E-state index in [1.807, 2.05) is 22.6 Å². The maximum Gasteiger partial charge on any atom is 0.336 e. The minimum absolute atomic E-state index is 0.0932. The summed E-state index contributed by atoms with van der Waals surface area (Å²) in [5.74, 6) is -1.37. The van der Waals surface area contributed by atoms with Gasteiger partial charge in [-0.25, -0.2) is 4.79 Å². The number of amides is 1. The molecule has 0 spiro atoms. The first-order chi connectivity index (χ1) is 9.01. The monoisotopic (exact) mass is 372 g/mol. The molecule has 0 fully saturated rings. The molecular weight excluding hydrogens is 363 g/mol. The van der Waals surface area contributed by atoms with Crippen molar-refractivity contribution < 1.29 is 14.7 Å². The molecule has 0 unspecified atom stereocenters. The number of anilines is 1. The fourth-order valence-corrected chi connectivity index (χ4v) is 1.89. The van der Waals surface area contributed by atoms with Crippen LogP contribution < -0.4 is 10.9 Å². The van der Waals surface area contributed by atoms with Gasteiger partial charge in [-0.15, -0.1) is 0 Å². The molecule has 0 bridgehead atoms. The lowest BCUT2D eigenvalue weighted by molar-refractivity contribution is -0.113. The Labute approximate surface area is 121 Å². The van der Waals surface area contributed by atoms with E-state index in [4.69, 9.17) is 5.11 Å². The van der Waals surface area contributed by atoms with Crippen molar-refractivity contribution in [3.8, 4) is 0 Å². The van der Waals surface area contributed by atoms with Crippen LogP contribution in [0.3, 0.4) is 0 Å². The summed E-state index contributed by atoms with van der Waals surface area (Å²) >= 11 is 1.93. The zero-order valence-electron chi connectivity index (χ0n) is 9.57. The van der Waals surface area contributed by atoms with Crippen LogP contribution in [0.4, 0.5) is 5.69 Å². The van der Waals surface area contributed by atoms with E-state index in [0.717, 1.165) is 6.07 Å². The van der Waals surface area contributed by atoms with Gasteiger partial charge in [-0.1, -0.05) is 22.6 Å². The Morgan fingerprint density at radius 2 is 2.05 bits per heavy atom. The molecule has 0 saturated carbocycles. The highest BCUT2D eigenvalue weighted by atomic mass is 127. The van der Waals surface area contributed by atoms with Crippen LogP contribution in [0.2, 0.25) is 0 Å². The summed E-state index contributed by atoms with van der Waals surface area (Å²) in [6.45, 7) is 0. The molecule has 1 heterocycles. The molecule has 2 rings (SSSR count). The number of aromatic nitrogens is 1. The largest absolute Gasteiger partial charge is 0.478 e. The van der Waals surface area contributed by atoms with Crippen molar-refractivity contribution in [2.24, 2.45) is 0 Å². The number of carboxylic acid groups (broad SMARTS) is 1. The minimum Gasteiger partial charge on any atom is -0.478 e. The second-order valence-electron chi connectivity index (χ2n) is 3.79. The lowest BCUT2D eigenvalue weighted by Gasteiger charge is -2.06. The number of aromatic carboxylic acids is 1. The van der Waals surface area contributed by atoms with E-state index in [9.17, 15) is 14.4 Å². The SMILES string of the molecule is O=C(CI)Nc1ccc2[nH]c(=O)cc(C(=O)O)c2c1. The molecule has 19 heavy (non-hydrogen) atoms. The van der Waals surface area contributed by atoms with E-state index in [0.29, 0.717) is 21.0 Å². The van der Waals surface area contributed by atoms with Gasteiger partial charge in [0.05, 0.1) is 9.99 Å². The van der Waals surface area contributed by atoms with E-state index < -0.39 is 11.5 Å². The van der Waals surface area contributed by atoms with Crippen LogP contribution in [-0.2, 0) is 4.79 Å². The number of carboxylic acids is 1. The Bertz CT molecular complexity index is 723. The molecule has 0 aliphatic heterocycles. The van der Waals surface area contributed by atoms with Gasteiger partial charge in [0.1, 0.15) is 0 Å². The van der Waals surface area contributed by atoms with Gasteiger partial charge in [-0.3, -0.25) is 9.59 Å². The number of carbonyl (C=O) groups excluding carboxylic acids is 1. The molecule has 0 aliphatic rings. The summed E-state index contributed by atoms with van der Waals surface area (Å²) in [6.07, 6.45) is 0. The van der Waals surface area contributed by atoms with E-state index in [2.05, 4.69) is 10.3 Å². The molecule has 1 aromatic carbocycles. The van der Waals surface area contributed by atoms with Gasteiger partial charge in [-0.2, -0.15) is 0 Å². The van der Waals surface area contributed by atoms with Gasteiger partial charge in [0.2, 0.25) is 11.5 Å². The quantitative estimate of drug-likeness (QED) is 0.563. The number of rotatable bonds is 3. The first-order valence-corrected chi connectivity index (χ1v) is 6.80. The summed E-state index contributed by atoms with van der Waals surface area (Å²) in [6, 6.07) is 5.72. The van der Waals surface area contributed by atoms with Crippen LogP contribution in [0.5, 0.6) is 0 Å². The highest BCUT2D eigenvalue weighted by Crippen LogP contribution is 2.20. The van der Waals surface area contributed by atoms with Crippen LogP contribution >= 0.6 is 22.6 Å². The summed E-state index contributed by atoms with van der Waals surface area (Å²) in [4.78, 5) is 36.3. The lowest BCUT2D eigenvalue weighted by Crippen LogP contribution is -2.13. The van der Waals surface area contributed by atoms with E-state index >= 15 is 0 Å². The van der Waals surface area contributed by atoms with Gasteiger partial charge < -0.3 is 15.4 Å². The van der Waals surface area contributed by atoms with Crippen LogP contribution in [-0.4, -0.2) is 26.4 Å².